The Morgan fingerprint density at radius 3 is 2.35 bits per heavy atom. The first-order valence-corrected chi connectivity index (χ1v) is 6.30. The topological polar surface area (TPSA) is 17.1 Å². The third-order valence-electron chi connectivity index (χ3n) is 3.77. The molecule has 2 aliphatic rings. The summed E-state index contributed by atoms with van der Waals surface area (Å²) in [5.74, 6) is 0.370. The summed E-state index contributed by atoms with van der Waals surface area (Å²) in [6, 6.07) is 8.01. The van der Waals surface area contributed by atoms with E-state index in [-0.39, 0.29) is 23.1 Å². The quantitative estimate of drug-likeness (QED) is 0.545. The van der Waals surface area contributed by atoms with Gasteiger partial charge in [-0.25, -0.2) is 0 Å². The van der Waals surface area contributed by atoms with Crippen molar-refractivity contribution in [2.75, 3.05) is 0 Å². The SMILES string of the molecule is O=CC1c2ccccc2C(Cl)C2C=CC=CC12. The maximum absolute atomic E-state index is 11.4. The lowest BCUT2D eigenvalue weighted by Gasteiger charge is -2.38. The van der Waals surface area contributed by atoms with E-state index in [4.69, 9.17) is 11.6 Å². The molecule has 0 radical (unpaired) electrons. The van der Waals surface area contributed by atoms with Crippen molar-refractivity contribution in [3.8, 4) is 0 Å². The highest BCUT2D eigenvalue weighted by Gasteiger charge is 2.39. The van der Waals surface area contributed by atoms with Gasteiger partial charge in [-0.1, -0.05) is 48.6 Å². The van der Waals surface area contributed by atoms with Gasteiger partial charge >= 0.3 is 0 Å². The Kier molecular flexibility index (Phi) is 2.64. The fraction of sp³-hybridized carbons (Fsp3) is 0.267. The molecule has 0 N–H and O–H groups in total. The average molecular weight is 245 g/mol. The number of hydrogen-bond donors (Lipinski definition) is 0. The Morgan fingerprint density at radius 2 is 1.65 bits per heavy atom. The van der Waals surface area contributed by atoms with Crippen LogP contribution in [0.15, 0.2) is 48.6 Å². The van der Waals surface area contributed by atoms with E-state index in [1.165, 1.54) is 0 Å². The molecule has 0 saturated carbocycles. The van der Waals surface area contributed by atoms with Gasteiger partial charge in [-0.2, -0.15) is 0 Å². The predicted octanol–water partition coefficient (Wildman–Crippen LogP) is 3.62. The Labute approximate surface area is 106 Å². The van der Waals surface area contributed by atoms with E-state index < -0.39 is 0 Å². The second-order valence-corrected chi connectivity index (χ2v) is 5.09. The molecule has 0 fully saturated rings. The lowest BCUT2D eigenvalue weighted by molar-refractivity contribution is -0.110. The number of carbonyl (C=O) groups is 1. The number of aldehydes is 1. The lowest BCUT2D eigenvalue weighted by atomic mass is 9.68. The van der Waals surface area contributed by atoms with Gasteiger partial charge < -0.3 is 4.79 Å². The first-order valence-electron chi connectivity index (χ1n) is 5.86. The zero-order valence-electron chi connectivity index (χ0n) is 9.29. The molecular formula is C15H13ClO. The number of rotatable bonds is 1. The summed E-state index contributed by atoms with van der Waals surface area (Å²) in [4.78, 5) is 11.4. The summed E-state index contributed by atoms with van der Waals surface area (Å²) in [5, 5.41) is -0.0337. The van der Waals surface area contributed by atoms with Crippen LogP contribution in [0.5, 0.6) is 0 Å². The molecule has 86 valence electrons. The minimum atomic E-state index is -0.0626. The van der Waals surface area contributed by atoms with Crippen LogP contribution in [0.1, 0.15) is 22.4 Å². The monoisotopic (exact) mass is 244 g/mol. The molecule has 0 aliphatic heterocycles. The molecule has 4 unspecified atom stereocenters. The van der Waals surface area contributed by atoms with E-state index in [2.05, 4.69) is 12.2 Å². The van der Waals surface area contributed by atoms with Crippen molar-refractivity contribution in [1.29, 1.82) is 0 Å². The number of fused-ring (bicyclic) bond motifs is 2. The summed E-state index contributed by atoms with van der Waals surface area (Å²) in [5.41, 5.74) is 2.19. The van der Waals surface area contributed by atoms with E-state index in [1.807, 2.05) is 36.4 Å². The van der Waals surface area contributed by atoms with E-state index >= 15 is 0 Å². The van der Waals surface area contributed by atoms with Crippen LogP contribution in [0.2, 0.25) is 0 Å². The Morgan fingerprint density at radius 1 is 1.00 bits per heavy atom. The predicted molar refractivity (Wildman–Crippen MR) is 69.1 cm³/mol. The minimum Gasteiger partial charge on any atom is -0.303 e. The molecule has 4 atom stereocenters. The molecule has 0 heterocycles. The molecule has 0 amide bonds. The third kappa shape index (κ3) is 1.57. The number of carbonyl (C=O) groups excluding carboxylic acids is 1. The van der Waals surface area contributed by atoms with Crippen molar-refractivity contribution in [2.45, 2.75) is 11.3 Å². The van der Waals surface area contributed by atoms with Gasteiger partial charge in [-0.15, -0.1) is 11.6 Å². The second-order valence-electron chi connectivity index (χ2n) is 4.62. The Hall–Kier alpha value is -1.34. The van der Waals surface area contributed by atoms with Crippen LogP contribution < -0.4 is 0 Å². The van der Waals surface area contributed by atoms with Crippen LogP contribution in [0.4, 0.5) is 0 Å². The third-order valence-corrected chi connectivity index (χ3v) is 4.30. The maximum Gasteiger partial charge on any atom is 0.128 e. The van der Waals surface area contributed by atoms with Gasteiger partial charge in [-0.3, -0.25) is 0 Å². The van der Waals surface area contributed by atoms with E-state index in [0.29, 0.717) is 0 Å². The number of allylic oxidation sites excluding steroid dienone is 4. The van der Waals surface area contributed by atoms with E-state index in [9.17, 15) is 4.79 Å². The highest BCUT2D eigenvalue weighted by atomic mass is 35.5. The Balaban J connectivity index is 2.16. The maximum atomic E-state index is 11.4. The van der Waals surface area contributed by atoms with Crippen LogP contribution in [0.3, 0.4) is 0 Å². The normalized spacial score (nSPS) is 33.9. The smallest absolute Gasteiger partial charge is 0.128 e. The molecule has 0 saturated heterocycles. The lowest BCUT2D eigenvalue weighted by Crippen LogP contribution is -2.30. The Bertz CT molecular complexity index is 503. The number of hydrogen-bond acceptors (Lipinski definition) is 1. The first kappa shape index (κ1) is 10.8. The van der Waals surface area contributed by atoms with Gasteiger partial charge in [0.1, 0.15) is 6.29 Å². The zero-order chi connectivity index (χ0) is 11.8. The van der Waals surface area contributed by atoms with Crippen molar-refractivity contribution in [2.24, 2.45) is 11.8 Å². The molecular weight excluding hydrogens is 232 g/mol. The van der Waals surface area contributed by atoms with Crippen LogP contribution in [0, 0.1) is 11.8 Å². The van der Waals surface area contributed by atoms with E-state index in [1.54, 1.807) is 0 Å². The van der Waals surface area contributed by atoms with Gasteiger partial charge in [0.2, 0.25) is 0 Å². The fourth-order valence-electron chi connectivity index (χ4n) is 2.94. The number of alkyl halides is 1. The molecule has 0 bridgehead atoms. The molecule has 2 heteroatoms. The van der Waals surface area contributed by atoms with Crippen LogP contribution in [-0.4, -0.2) is 6.29 Å². The van der Waals surface area contributed by atoms with Crippen molar-refractivity contribution >= 4 is 17.9 Å². The minimum absolute atomic E-state index is 0.0337. The summed E-state index contributed by atoms with van der Waals surface area (Å²) >= 11 is 6.54. The van der Waals surface area contributed by atoms with Crippen LogP contribution in [-0.2, 0) is 4.79 Å². The van der Waals surface area contributed by atoms with Gasteiger partial charge in [-0.05, 0) is 17.0 Å². The highest BCUT2D eigenvalue weighted by Crippen LogP contribution is 2.49. The summed E-state index contributed by atoms with van der Waals surface area (Å²) in [6.07, 6.45) is 9.31. The first-order chi connectivity index (χ1) is 8.33. The molecule has 2 aliphatic carbocycles. The number of benzene rings is 1. The van der Waals surface area contributed by atoms with Crippen molar-refractivity contribution in [1.82, 2.24) is 0 Å². The fourth-order valence-corrected chi connectivity index (χ4v) is 3.39. The average Bonchev–Trinajstić information content (AvgIpc) is 2.40. The van der Waals surface area contributed by atoms with Crippen molar-refractivity contribution in [3.05, 3.63) is 59.7 Å². The van der Waals surface area contributed by atoms with Gasteiger partial charge in [0.15, 0.2) is 0 Å². The largest absolute Gasteiger partial charge is 0.303 e. The van der Waals surface area contributed by atoms with Crippen molar-refractivity contribution in [3.63, 3.8) is 0 Å². The van der Waals surface area contributed by atoms with Gasteiger partial charge in [0.05, 0.1) is 5.38 Å². The summed E-state index contributed by atoms with van der Waals surface area (Å²) in [7, 11) is 0. The molecule has 1 aromatic carbocycles. The summed E-state index contributed by atoms with van der Waals surface area (Å²) in [6.45, 7) is 0. The van der Waals surface area contributed by atoms with Gasteiger partial charge in [0.25, 0.3) is 0 Å². The van der Waals surface area contributed by atoms with Crippen molar-refractivity contribution < 1.29 is 4.79 Å². The second kappa shape index (κ2) is 4.15. The van der Waals surface area contributed by atoms with Crippen LogP contribution >= 0.6 is 11.6 Å². The standard InChI is InChI=1S/C15H13ClO/c16-15-12-7-3-1-5-10(12)14(9-17)11-6-2-4-8-13(11)15/h1-10,12,14-15H. The molecule has 3 rings (SSSR count). The summed E-state index contributed by atoms with van der Waals surface area (Å²) < 4.78 is 0. The van der Waals surface area contributed by atoms with E-state index in [0.717, 1.165) is 17.4 Å². The zero-order valence-corrected chi connectivity index (χ0v) is 10.0. The molecule has 17 heavy (non-hydrogen) atoms. The number of halogens is 1. The molecule has 1 aromatic rings. The highest BCUT2D eigenvalue weighted by molar-refractivity contribution is 6.21. The molecule has 0 aromatic heterocycles. The van der Waals surface area contributed by atoms with Crippen LogP contribution in [0.25, 0.3) is 0 Å². The molecule has 0 spiro atoms. The molecule has 1 nitrogen and oxygen atoms in total. The van der Waals surface area contributed by atoms with Gasteiger partial charge in [0, 0.05) is 11.8 Å².